The molecule has 1 aromatic carbocycles. The number of hydrogen-bond donors (Lipinski definition) is 1. The normalized spacial score (nSPS) is 10.6. The summed E-state index contributed by atoms with van der Waals surface area (Å²) in [6, 6.07) is 9.87. The first-order chi connectivity index (χ1) is 10.3. The maximum Gasteiger partial charge on any atom is 0.164 e. The highest BCUT2D eigenvalue weighted by atomic mass is 79.9. The van der Waals surface area contributed by atoms with Crippen LogP contribution in [-0.2, 0) is 6.54 Å². The van der Waals surface area contributed by atoms with E-state index in [0.717, 1.165) is 27.0 Å². The number of rotatable bonds is 4. The number of methoxy groups -OCH3 is 1. The van der Waals surface area contributed by atoms with Crippen LogP contribution >= 0.6 is 15.9 Å². The van der Waals surface area contributed by atoms with Crippen LogP contribution in [0.5, 0.6) is 5.75 Å². The first-order valence-corrected chi connectivity index (χ1v) is 7.18. The van der Waals surface area contributed by atoms with Gasteiger partial charge in [-0.2, -0.15) is 0 Å². The molecule has 0 radical (unpaired) electrons. The van der Waals surface area contributed by atoms with Gasteiger partial charge in [-0.25, -0.2) is 15.0 Å². The molecule has 6 heteroatoms. The molecule has 0 atom stereocenters. The van der Waals surface area contributed by atoms with Crippen molar-refractivity contribution in [3.8, 4) is 5.75 Å². The number of fused-ring (bicyclic) bond motifs is 1. The molecule has 2 aromatic heterocycles. The van der Waals surface area contributed by atoms with Gasteiger partial charge < -0.3 is 10.1 Å². The summed E-state index contributed by atoms with van der Waals surface area (Å²) in [5.74, 6) is 1.60. The topological polar surface area (TPSA) is 59.9 Å². The highest BCUT2D eigenvalue weighted by Crippen LogP contribution is 2.22. The number of ether oxygens (including phenoxy) is 1. The Bertz CT molecular complexity index is 778. The molecule has 0 fully saturated rings. The zero-order valence-corrected chi connectivity index (χ0v) is 13.0. The minimum absolute atomic E-state index is 0.649. The van der Waals surface area contributed by atoms with Crippen LogP contribution in [0.3, 0.4) is 0 Å². The van der Waals surface area contributed by atoms with Crippen LogP contribution in [0.15, 0.2) is 47.3 Å². The number of benzene rings is 1. The van der Waals surface area contributed by atoms with Gasteiger partial charge in [-0.3, -0.25) is 0 Å². The third-order valence-corrected chi connectivity index (χ3v) is 3.48. The van der Waals surface area contributed by atoms with Gasteiger partial charge in [0, 0.05) is 17.2 Å². The highest BCUT2D eigenvalue weighted by Gasteiger charge is 2.05. The smallest absolute Gasteiger partial charge is 0.164 e. The van der Waals surface area contributed by atoms with Crippen molar-refractivity contribution in [2.24, 2.45) is 0 Å². The number of nitrogens with one attached hydrogen (secondary N) is 1. The molecule has 21 heavy (non-hydrogen) atoms. The lowest BCUT2D eigenvalue weighted by atomic mass is 10.2. The van der Waals surface area contributed by atoms with E-state index in [9.17, 15) is 0 Å². The van der Waals surface area contributed by atoms with Gasteiger partial charge in [-0.1, -0.05) is 12.1 Å². The van der Waals surface area contributed by atoms with Gasteiger partial charge in [0.15, 0.2) is 5.65 Å². The molecule has 3 rings (SSSR count). The SMILES string of the molecule is COc1cccc(CNc2ncnc3ncc(Br)cc23)c1. The van der Waals surface area contributed by atoms with Gasteiger partial charge in [0.1, 0.15) is 17.9 Å². The molecule has 0 aliphatic heterocycles. The van der Waals surface area contributed by atoms with Gasteiger partial charge in [-0.05, 0) is 39.7 Å². The second-order valence-electron chi connectivity index (χ2n) is 4.45. The van der Waals surface area contributed by atoms with E-state index in [-0.39, 0.29) is 0 Å². The van der Waals surface area contributed by atoms with Gasteiger partial charge in [0.25, 0.3) is 0 Å². The van der Waals surface area contributed by atoms with Gasteiger partial charge in [-0.15, -0.1) is 0 Å². The molecular formula is C15H13BrN4O. The molecule has 0 aliphatic carbocycles. The molecule has 3 aromatic rings. The Labute approximate surface area is 130 Å². The van der Waals surface area contributed by atoms with E-state index < -0.39 is 0 Å². The fraction of sp³-hybridized carbons (Fsp3) is 0.133. The summed E-state index contributed by atoms with van der Waals surface area (Å²) in [5, 5.41) is 4.20. The molecule has 2 heterocycles. The van der Waals surface area contributed by atoms with Crippen molar-refractivity contribution in [2.75, 3.05) is 12.4 Å². The summed E-state index contributed by atoms with van der Waals surface area (Å²) >= 11 is 3.42. The summed E-state index contributed by atoms with van der Waals surface area (Å²) in [5.41, 5.74) is 1.78. The lowest BCUT2D eigenvalue weighted by molar-refractivity contribution is 0.414. The number of halogens is 1. The minimum atomic E-state index is 0.649. The number of aromatic nitrogens is 3. The zero-order chi connectivity index (χ0) is 14.7. The van der Waals surface area contributed by atoms with Crippen LogP contribution in [0, 0.1) is 0 Å². The summed E-state index contributed by atoms with van der Waals surface area (Å²) in [7, 11) is 1.66. The maximum absolute atomic E-state index is 5.22. The molecule has 106 valence electrons. The summed E-state index contributed by atoms with van der Waals surface area (Å²) in [4.78, 5) is 12.7. The third-order valence-electron chi connectivity index (χ3n) is 3.05. The van der Waals surface area contributed by atoms with E-state index in [1.54, 1.807) is 13.3 Å². The Morgan fingerprint density at radius 1 is 1.19 bits per heavy atom. The van der Waals surface area contributed by atoms with Crippen molar-refractivity contribution in [1.82, 2.24) is 15.0 Å². The molecular weight excluding hydrogens is 332 g/mol. The molecule has 0 aliphatic rings. The first kappa shape index (κ1) is 13.8. The summed E-state index contributed by atoms with van der Waals surface area (Å²) in [6.45, 7) is 0.649. The van der Waals surface area contributed by atoms with Crippen molar-refractivity contribution in [3.63, 3.8) is 0 Å². The Morgan fingerprint density at radius 2 is 2.10 bits per heavy atom. The van der Waals surface area contributed by atoms with E-state index in [1.807, 2.05) is 30.3 Å². The average molecular weight is 345 g/mol. The monoisotopic (exact) mass is 344 g/mol. The quantitative estimate of drug-likeness (QED) is 0.785. The molecule has 0 saturated carbocycles. The molecule has 0 spiro atoms. The first-order valence-electron chi connectivity index (χ1n) is 6.39. The Morgan fingerprint density at radius 3 is 2.95 bits per heavy atom. The molecule has 0 amide bonds. The second kappa shape index (κ2) is 6.05. The van der Waals surface area contributed by atoms with Crippen LogP contribution in [0.1, 0.15) is 5.56 Å². The number of pyridine rings is 1. The fourth-order valence-electron chi connectivity index (χ4n) is 2.03. The van der Waals surface area contributed by atoms with Crippen molar-refractivity contribution in [1.29, 1.82) is 0 Å². The largest absolute Gasteiger partial charge is 0.497 e. The van der Waals surface area contributed by atoms with E-state index >= 15 is 0 Å². The van der Waals surface area contributed by atoms with Crippen molar-refractivity contribution in [2.45, 2.75) is 6.54 Å². The van der Waals surface area contributed by atoms with E-state index in [0.29, 0.717) is 12.2 Å². The predicted octanol–water partition coefficient (Wildman–Crippen LogP) is 3.41. The molecule has 0 bridgehead atoms. The molecule has 0 saturated heterocycles. The lowest BCUT2D eigenvalue weighted by Crippen LogP contribution is -2.03. The van der Waals surface area contributed by atoms with Crippen molar-refractivity contribution >= 4 is 32.8 Å². The molecule has 0 unspecified atom stereocenters. The van der Waals surface area contributed by atoms with Crippen molar-refractivity contribution < 1.29 is 4.74 Å². The Kier molecular flexibility index (Phi) is 3.96. The fourth-order valence-corrected chi connectivity index (χ4v) is 2.36. The second-order valence-corrected chi connectivity index (χ2v) is 5.37. The van der Waals surface area contributed by atoms with E-state index in [2.05, 4.69) is 36.2 Å². The van der Waals surface area contributed by atoms with Gasteiger partial charge >= 0.3 is 0 Å². The van der Waals surface area contributed by atoms with Crippen molar-refractivity contribution in [3.05, 3.63) is 52.9 Å². The standard InChI is InChI=1S/C15H13BrN4O/c1-21-12-4-2-3-10(5-12)7-17-14-13-6-11(16)8-18-15(13)20-9-19-14/h2-6,8-9H,7H2,1H3,(H,17,18,19,20). The Hall–Kier alpha value is -2.21. The van der Waals surface area contributed by atoms with Gasteiger partial charge in [0.05, 0.1) is 12.5 Å². The maximum atomic E-state index is 5.22. The van der Waals surface area contributed by atoms with E-state index in [4.69, 9.17) is 4.74 Å². The Balaban J connectivity index is 1.86. The van der Waals surface area contributed by atoms with Crippen LogP contribution in [-0.4, -0.2) is 22.1 Å². The summed E-state index contributed by atoms with van der Waals surface area (Å²) < 4.78 is 6.12. The molecule has 5 nitrogen and oxygen atoms in total. The van der Waals surface area contributed by atoms with Crippen LogP contribution < -0.4 is 10.1 Å². The number of hydrogen-bond acceptors (Lipinski definition) is 5. The van der Waals surface area contributed by atoms with Crippen LogP contribution in [0.2, 0.25) is 0 Å². The van der Waals surface area contributed by atoms with Crippen LogP contribution in [0.4, 0.5) is 5.82 Å². The summed E-state index contributed by atoms with van der Waals surface area (Å²) in [6.07, 6.45) is 3.23. The average Bonchev–Trinajstić information content (AvgIpc) is 2.53. The lowest BCUT2D eigenvalue weighted by Gasteiger charge is -2.09. The predicted molar refractivity (Wildman–Crippen MR) is 85.4 cm³/mol. The zero-order valence-electron chi connectivity index (χ0n) is 11.4. The third kappa shape index (κ3) is 3.11. The number of nitrogens with zero attached hydrogens (tertiary/aromatic N) is 3. The van der Waals surface area contributed by atoms with E-state index in [1.165, 1.54) is 6.33 Å². The highest BCUT2D eigenvalue weighted by molar-refractivity contribution is 9.10. The molecule has 1 N–H and O–H groups in total. The van der Waals surface area contributed by atoms with Crippen LogP contribution in [0.25, 0.3) is 11.0 Å². The van der Waals surface area contributed by atoms with Gasteiger partial charge in [0.2, 0.25) is 0 Å². The minimum Gasteiger partial charge on any atom is -0.497 e. The number of anilines is 1.